The van der Waals surface area contributed by atoms with Crippen molar-refractivity contribution in [3.63, 3.8) is 0 Å². The third-order valence-corrected chi connectivity index (χ3v) is 2.01. The van der Waals surface area contributed by atoms with Crippen LogP contribution in [0.15, 0.2) is 18.2 Å². The van der Waals surface area contributed by atoms with Crippen molar-refractivity contribution in [1.82, 2.24) is 0 Å². The SMILES string of the molecule is CC(O)(CC=O)c1cccc(F)c1F. The van der Waals surface area contributed by atoms with E-state index < -0.39 is 17.2 Å². The molecule has 0 aromatic heterocycles. The summed E-state index contributed by atoms with van der Waals surface area (Å²) in [5.41, 5.74) is -1.86. The molecule has 1 unspecified atom stereocenters. The van der Waals surface area contributed by atoms with Gasteiger partial charge in [0.05, 0.1) is 5.60 Å². The molecule has 0 radical (unpaired) electrons. The number of aliphatic hydroxyl groups is 1. The molecule has 0 aliphatic carbocycles. The van der Waals surface area contributed by atoms with Crippen LogP contribution in [0.1, 0.15) is 18.9 Å². The molecule has 0 amide bonds. The van der Waals surface area contributed by atoms with E-state index in [4.69, 9.17) is 0 Å². The summed E-state index contributed by atoms with van der Waals surface area (Å²) in [5, 5.41) is 9.65. The average molecular weight is 200 g/mol. The molecule has 0 bridgehead atoms. The van der Waals surface area contributed by atoms with E-state index in [-0.39, 0.29) is 12.0 Å². The van der Waals surface area contributed by atoms with Gasteiger partial charge in [-0.05, 0) is 13.0 Å². The highest BCUT2D eigenvalue weighted by Gasteiger charge is 2.27. The smallest absolute Gasteiger partial charge is 0.164 e. The van der Waals surface area contributed by atoms with Crippen LogP contribution in [0, 0.1) is 11.6 Å². The molecule has 0 aliphatic heterocycles. The van der Waals surface area contributed by atoms with Crippen molar-refractivity contribution < 1.29 is 18.7 Å². The summed E-state index contributed by atoms with van der Waals surface area (Å²) >= 11 is 0. The lowest BCUT2D eigenvalue weighted by Gasteiger charge is -2.21. The fraction of sp³-hybridized carbons (Fsp3) is 0.300. The lowest BCUT2D eigenvalue weighted by Crippen LogP contribution is -2.23. The van der Waals surface area contributed by atoms with E-state index in [0.717, 1.165) is 6.07 Å². The molecule has 0 spiro atoms. The van der Waals surface area contributed by atoms with Gasteiger partial charge in [0.2, 0.25) is 0 Å². The summed E-state index contributed by atoms with van der Waals surface area (Å²) in [6.45, 7) is 1.26. The number of halogens is 2. The van der Waals surface area contributed by atoms with Crippen LogP contribution in [0.5, 0.6) is 0 Å². The minimum Gasteiger partial charge on any atom is -0.385 e. The summed E-state index contributed by atoms with van der Waals surface area (Å²) in [7, 11) is 0. The fourth-order valence-corrected chi connectivity index (χ4v) is 1.19. The van der Waals surface area contributed by atoms with Crippen LogP contribution in [0.4, 0.5) is 8.78 Å². The van der Waals surface area contributed by atoms with Gasteiger partial charge in [0, 0.05) is 12.0 Å². The second-order valence-corrected chi connectivity index (χ2v) is 3.25. The summed E-state index contributed by atoms with van der Waals surface area (Å²) in [6, 6.07) is 3.49. The zero-order chi connectivity index (χ0) is 10.8. The number of hydrogen-bond donors (Lipinski definition) is 1. The molecule has 0 fully saturated rings. The van der Waals surface area contributed by atoms with Crippen molar-refractivity contribution in [2.75, 3.05) is 0 Å². The first-order chi connectivity index (χ1) is 6.49. The maximum absolute atomic E-state index is 13.2. The highest BCUT2D eigenvalue weighted by atomic mass is 19.2. The number of carbonyl (C=O) groups is 1. The first-order valence-corrected chi connectivity index (χ1v) is 4.09. The van der Waals surface area contributed by atoms with E-state index in [2.05, 4.69) is 0 Å². The summed E-state index contributed by atoms with van der Waals surface area (Å²) in [4.78, 5) is 10.2. The van der Waals surface area contributed by atoms with Gasteiger partial charge in [-0.1, -0.05) is 12.1 Å². The number of rotatable bonds is 3. The molecule has 0 saturated carbocycles. The van der Waals surface area contributed by atoms with Gasteiger partial charge in [-0.15, -0.1) is 0 Å². The Morgan fingerprint density at radius 2 is 2.14 bits per heavy atom. The Morgan fingerprint density at radius 1 is 1.50 bits per heavy atom. The number of hydrogen-bond acceptors (Lipinski definition) is 2. The average Bonchev–Trinajstić information content (AvgIpc) is 2.09. The first-order valence-electron chi connectivity index (χ1n) is 4.09. The zero-order valence-electron chi connectivity index (χ0n) is 7.63. The first kappa shape index (κ1) is 10.8. The zero-order valence-corrected chi connectivity index (χ0v) is 7.63. The van der Waals surface area contributed by atoms with E-state index in [9.17, 15) is 18.7 Å². The largest absolute Gasteiger partial charge is 0.385 e. The summed E-state index contributed by atoms with van der Waals surface area (Å²) in [5.74, 6) is -2.15. The Kier molecular flexibility index (Phi) is 2.96. The van der Waals surface area contributed by atoms with Crippen molar-refractivity contribution >= 4 is 6.29 Å². The molecule has 14 heavy (non-hydrogen) atoms. The van der Waals surface area contributed by atoms with Crippen molar-refractivity contribution in [2.45, 2.75) is 18.9 Å². The van der Waals surface area contributed by atoms with Crippen molar-refractivity contribution in [3.05, 3.63) is 35.4 Å². The minimum absolute atomic E-state index is 0.204. The molecule has 1 aromatic carbocycles. The van der Waals surface area contributed by atoms with Gasteiger partial charge >= 0.3 is 0 Å². The van der Waals surface area contributed by atoms with E-state index in [0.29, 0.717) is 6.29 Å². The summed E-state index contributed by atoms with van der Waals surface area (Å²) in [6.07, 6.45) is 0.192. The predicted molar refractivity (Wildman–Crippen MR) is 46.6 cm³/mol. The second kappa shape index (κ2) is 3.84. The molecule has 1 aromatic rings. The van der Waals surface area contributed by atoms with Gasteiger partial charge in [0.25, 0.3) is 0 Å². The van der Waals surface area contributed by atoms with Crippen LogP contribution in [-0.4, -0.2) is 11.4 Å². The Bertz CT molecular complexity index is 348. The topological polar surface area (TPSA) is 37.3 Å². The Morgan fingerprint density at radius 3 is 2.71 bits per heavy atom. The van der Waals surface area contributed by atoms with Gasteiger partial charge in [-0.2, -0.15) is 0 Å². The third kappa shape index (κ3) is 1.96. The number of aldehydes is 1. The molecule has 1 rings (SSSR count). The van der Waals surface area contributed by atoms with Crippen LogP contribution < -0.4 is 0 Å². The van der Waals surface area contributed by atoms with E-state index in [1.807, 2.05) is 0 Å². The molecule has 4 heteroatoms. The molecular formula is C10H10F2O2. The third-order valence-electron chi connectivity index (χ3n) is 2.01. The Labute approximate surface area is 80.2 Å². The lowest BCUT2D eigenvalue weighted by molar-refractivity contribution is -0.112. The molecular weight excluding hydrogens is 190 g/mol. The van der Waals surface area contributed by atoms with Crippen LogP contribution >= 0.6 is 0 Å². The number of benzene rings is 1. The van der Waals surface area contributed by atoms with E-state index >= 15 is 0 Å². The second-order valence-electron chi connectivity index (χ2n) is 3.25. The van der Waals surface area contributed by atoms with Crippen LogP contribution in [-0.2, 0) is 10.4 Å². The Hall–Kier alpha value is -1.29. The van der Waals surface area contributed by atoms with E-state index in [1.54, 1.807) is 0 Å². The van der Waals surface area contributed by atoms with Gasteiger partial charge in [-0.25, -0.2) is 8.78 Å². The normalized spacial score (nSPS) is 14.9. The van der Waals surface area contributed by atoms with E-state index in [1.165, 1.54) is 19.1 Å². The molecule has 1 atom stereocenters. The maximum atomic E-state index is 13.2. The van der Waals surface area contributed by atoms with Crippen LogP contribution in [0.2, 0.25) is 0 Å². The van der Waals surface area contributed by atoms with Gasteiger partial charge < -0.3 is 9.90 Å². The number of carbonyl (C=O) groups excluding carboxylic acids is 1. The minimum atomic E-state index is -1.66. The fourth-order valence-electron chi connectivity index (χ4n) is 1.19. The van der Waals surface area contributed by atoms with Gasteiger partial charge in [0.15, 0.2) is 11.6 Å². The lowest BCUT2D eigenvalue weighted by atomic mass is 9.92. The highest BCUT2D eigenvalue weighted by molar-refractivity contribution is 5.52. The monoisotopic (exact) mass is 200 g/mol. The van der Waals surface area contributed by atoms with Crippen molar-refractivity contribution in [2.24, 2.45) is 0 Å². The van der Waals surface area contributed by atoms with Gasteiger partial charge in [0.1, 0.15) is 6.29 Å². The molecule has 0 heterocycles. The van der Waals surface area contributed by atoms with Crippen molar-refractivity contribution in [1.29, 1.82) is 0 Å². The van der Waals surface area contributed by atoms with Crippen molar-refractivity contribution in [3.8, 4) is 0 Å². The predicted octanol–water partition coefficient (Wildman–Crippen LogP) is 1.76. The summed E-state index contributed by atoms with van der Waals surface area (Å²) < 4.78 is 25.9. The quantitative estimate of drug-likeness (QED) is 0.755. The molecule has 0 saturated heterocycles. The molecule has 76 valence electrons. The highest BCUT2D eigenvalue weighted by Crippen LogP contribution is 2.26. The van der Waals surface area contributed by atoms with Crippen LogP contribution in [0.25, 0.3) is 0 Å². The molecule has 2 nitrogen and oxygen atoms in total. The molecule has 1 N–H and O–H groups in total. The molecule has 0 aliphatic rings. The Balaban J connectivity index is 3.18. The maximum Gasteiger partial charge on any atom is 0.164 e. The van der Waals surface area contributed by atoms with Crippen LogP contribution in [0.3, 0.4) is 0 Å². The van der Waals surface area contributed by atoms with Gasteiger partial charge in [-0.3, -0.25) is 0 Å². The standard InChI is InChI=1S/C10H10F2O2/c1-10(14,5-6-13)7-3-2-4-8(11)9(7)12/h2-4,6,14H,5H2,1H3.